The molecule has 0 radical (unpaired) electrons. The highest BCUT2D eigenvalue weighted by Crippen LogP contribution is 2.66. The van der Waals surface area contributed by atoms with Crippen molar-refractivity contribution >= 4 is 5.91 Å². The van der Waals surface area contributed by atoms with Gasteiger partial charge in [0.25, 0.3) is 0 Å². The van der Waals surface area contributed by atoms with Gasteiger partial charge in [-0.3, -0.25) is 9.78 Å². The average molecular weight is 409 g/mol. The number of carbonyl (C=O) groups excluding carboxylic acids is 1. The Bertz CT molecular complexity index is 778. The number of aromatic nitrogens is 1. The fourth-order valence-electron chi connectivity index (χ4n) is 8.91. The number of piperidine rings is 1. The van der Waals surface area contributed by atoms with Gasteiger partial charge in [-0.25, -0.2) is 0 Å². The fraction of sp³-hybridized carbons (Fsp3) is 0.778. The summed E-state index contributed by atoms with van der Waals surface area (Å²) in [5.41, 5.74) is 2.25. The highest BCUT2D eigenvalue weighted by atomic mass is 16.1. The topological polar surface area (TPSA) is 42.0 Å². The van der Waals surface area contributed by atoms with Crippen molar-refractivity contribution in [2.24, 2.45) is 40.4 Å². The van der Waals surface area contributed by atoms with Crippen LogP contribution >= 0.6 is 0 Å². The van der Waals surface area contributed by atoms with E-state index in [0.717, 1.165) is 42.4 Å². The first-order valence-electron chi connectivity index (χ1n) is 12.6. The van der Waals surface area contributed by atoms with E-state index in [2.05, 4.69) is 49.4 Å². The molecule has 3 saturated carbocycles. The first kappa shape index (κ1) is 20.5. The molecule has 3 heteroatoms. The van der Waals surface area contributed by atoms with E-state index >= 15 is 0 Å². The summed E-state index contributed by atoms with van der Waals surface area (Å²) in [4.78, 5) is 16.4. The van der Waals surface area contributed by atoms with E-state index < -0.39 is 0 Å². The Morgan fingerprint density at radius 1 is 1.10 bits per heavy atom. The molecule has 1 saturated heterocycles. The number of fused-ring (bicyclic) bond motifs is 5. The van der Waals surface area contributed by atoms with Gasteiger partial charge in [0, 0.05) is 24.9 Å². The van der Waals surface area contributed by atoms with E-state index in [1.54, 1.807) is 0 Å². The molecule has 1 aromatic rings. The summed E-state index contributed by atoms with van der Waals surface area (Å²) >= 11 is 0. The van der Waals surface area contributed by atoms with Crippen LogP contribution in [0.1, 0.15) is 84.1 Å². The Morgan fingerprint density at radius 3 is 2.70 bits per heavy atom. The maximum atomic E-state index is 12.0. The molecule has 1 amide bonds. The molecule has 4 fully saturated rings. The van der Waals surface area contributed by atoms with E-state index in [-0.39, 0.29) is 0 Å². The minimum Gasteiger partial charge on any atom is -0.353 e. The molecule has 1 unspecified atom stereocenters. The van der Waals surface area contributed by atoms with Crippen molar-refractivity contribution < 1.29 is 4.79 Å². The van der Waals surface area contributed by atoms with Gasteiger partial charge in [-0.2, -0.15) is 0 Å². The van der Waals surface area contributed by atoms with Gasteiger partial charge in [-0.15, -0.1) is 0 Å². The summed E-state index contributed by atoms with van der Waals surface area (Å²) in [6, 6.07) is 4.78. The Labute approximate surface area is 182 Å². The molecule has 164 valence electrons. The van der Waals surface area contributed by atoms with Crippen LogP contribution in [0.3, 0.4) is 0 Å². The van der Waals surface area contributed by atoms with Gasteiger partial charge in [0.15, 0.2) is 0 Å². The number of carbonyl (C=O) groups is 1. The third-order valence-electron chi connectivity index (χ3n) is 10.5. The number of nitrogens with one attached hydrogen (secondary N) is 1. The molecular formula is C27H40N2O. The summed E-state index contributed by atoms with van der Waals surface area (Å²) in [6.45, 7) is 7.58. The van der Waals surface area contributed by atoms with Crippen molar-refractivity contribution in [3.8, 4) is 0 Å². The molecule has 1 N–H and O–H groups in total. The lowest BCUT2D eigenvalue weighted by atomic mass is 9.46. The van der Waals surface area contributed by atoms with Crippen LogP contribution in [-0.2, 0) is 11.2 Å². The predicted molar refractivity (Wildman–Crippen MR) is 121 cm³/mol. The molecule has 0 bridgehead atoms. The van der Waals surface area contributed by atoms with Crippen molar-refractivity contribution in [3.63, 3.8) is 0 Å². The van der Waals surface area contributed by atoms with Gasteiger partial charge in [0.2, 0.25) is 5.91 Å². The summed E-state index contributed by atoms with van der Waals surface area (Å²) in [7, 11) is 0. The van der Waals surface area contributed by atoms with Gasteiger partial charge in [-0.05, 0) is 103 Å². The number of nitrogens with zero attached hydrogens (tertiary/aromatic N) is 1. The Balaban J connectivity index is 1.37. The number of pyridine rings is 1. The first-order chi connectivity index (χ1) is 14.5. The summed E-state index contributed by atoms with van der Waals surface area (Å²) < 4.78 is 0. The highest BCUT2D eigenvalue weighted by Gasteiger charge is 2.60. The number of hydrogen-bond acceptors (Lipinski definition) is 2. The monoisotopic (exact) mass is 408 g/mol. The Hall–Kier alpha value is -1.38. The maximum Gasteiger partial charge on any atom is 0.220 e. The molecule has 30 heavy (non-hydrogen) atoms. The fourth-order valence-corrected chi connectivity index (χ4v) is 8.91. The van der Waals surface area contributed by atoms with Gasteiger partial charge >= 0.3 is 0 Å². The summed E-state index contributed by atoms with van der Waals surface area (Å²) in [6.07, 6.45) is 16.4. The number of hydrogen-bond donors (Lipinski definition) is 1. The normalized spacial score (nSPS) is 43.8. The van der Waals surface area contributed by atoms with Crippen molar-refractivity contribution in [2.75, 3.05) is 0 Å². The number of amides is 1. The SMILES string of the molecule is CCC(Cc1cccnc1)[C@H]1CC[C@H]2[C@@H]3CC[C@H]4NC(=O)CC[C@]4(C)[C@H]3CC[C@]12C. The molecule has 5 rings (SSSR count). The zero-order valence-electron chi connectivity index (χ0n) is 19.2. The molecule has 0 aromatic carbocycles. The number of rotatable bonds is 4. The maximum absolute atomic E-state index is 12.0. The third-order valence-corrected chi connectivity index (χ3v) is 10.5. The van der Waals surface area contributed by atoms with Crippen LogP contribution < -0.4 is 5.32 Å². The van der Waals surface area contributed by atoms with Crippen LogP contribution in [0.4, 0.5) is 0 Å². The second-order valence-corrected chi connectivity index (χ2v) is 11.5. The highest BCUT2D eigenvalue weighted by molar-refractivity contribution is 5.77. The first-order valence-corrected chi connectivity index (χ1v) is 12.6. The Kier molecular flexibility index (Phi) is 5.22. The predicted octanol–water partition coefficient (Wildman–Crippen LogP) is 5.79. The molecule has 2 heterocycles. The van der Waals surface area contributed by atoms with Crippen LogP contribution in [-0.4, -0.2) is 16.9 Å². The Morgan fingerprint density at radius 2 is 1.93 bits per heavy atom. The molecule has 1 aromatic heterocycles. The molecular weight excluding hydrogens is 368 g/mol. The average Bonchev–Trinajstić information content (AvgIpc) is 3.10. The van der Waals surface area contributed by atoms with Crippen molar-refractivity contribution in [2.45, 2.75) is 91.0 Å². The summed E-state index contributed by atoms with van der Waals surface area (Å²) in [5, 5.41) is 3.38. The smallest absolute Gasteiger partial charge is 0.220 e. The van der Waals surface area contributed by atoms with Crippen LogP contribution in [0, 0.1) is 40.4 Å². The van der Waals surface area contributed by atoms with E-state index in [9.17, 15) is 4.79 Å². The van der Waals surface area contributed by atoms with Crippen LogP contribution in [0.25, 0.3) is 0 Å². The minimum absolute atomic E-state index is 0.290. The van der Waals surface area contributed by atoms with Crippen LogP contribution in [0.5, 0.6) is 0 Å². The van der Waals surface area contributed by atoms with E-state index in [1.807, 2.05) is 6.20 Å². The molecule has 0 spiro atoms. The standard InChI is InChI=1S/C27H40N2O/c1-4-19(16-18-6-5-15-28-17-18)21-8-9-22-20-7-10-24-27(3,14-12-25(30)29-24)23(20)11-13-26(21,22)2/h5-6,15,17,19-24H,4,7-14,16H2,1-3H3,(H,29,30)/t19?,20-,21+,22-,23-,24+,26+,27+/m0/s1. The van der Waals surface area contributed by atoms with Gasteiger partial charge < -0.3 is 5.32 Å². The molecule has 8 atom stereocenters. The lowest BCUT2D eigenvalue weighted by Crippen LogP contribution is -2.61. The zero-order valence-corrected chi connectivity index (χ0v) is 19.2. The van der Waals surface area contributed by atoms with E-state index in [0.29, 0.717) is 22.8 Å². The van der Waals surface area contributed by atoms with Crippen LogP contribution in [0.2, 0.25) is 0 Å². The second-order valence-electron chi connectivity index (χ2n) is 11.5. The minimum atomic E-state index is 0.290. The van der Waals surface area contributed by atoms with Crippen molar-refractivity contribution in [1.82, 2.24) is 10.3 Å². The second kappa shape index (κ2) is 7.64. The third kappa shape index (κ3) is 3.14. The van der Waals surface area contributed by atoms with Gasteiger partial charge in [0.05, 0.1) is 0 Å². The molecule has 1 aliphatic heterocycles. The quantitative estimate of drug-likeness (QED) is 0.685. The van der Waals surface area contributed by atoms with Crippen molar-refractivity contribution in [3.05, 3.63) is 30.1 Å². The van der Waals surface area contributed by atoms with Gasteiger partial charge in [-0.1, -0.05) is 33.3 Å². The van der Waals surface area contributed by atoms with Crippen LogP contribution in [0.15, 0.2) is 24.5 Å². The molecule has 3 nitrogen and oxygen atoms in total. The van der Waals surface area contributed by atoms with Gasteiger partial charge in [0.1, 0.15) is 0 Å². The lowest BCUT2D eigenvalue weighted by Gasteiger charge is -2.60. The molecule has 3 aliphatic carbocycles. The summed E-state index contributed by atoms with van der Waals surface area (Å²) in [5.74, 6) is 4.50. The molecule has 4 aliphatic rings. The van der Waals surface area contributed by atoms with E-state index in [1.165, 1.54) is 56.9 Å². The zero-order chi connectivity index (χ0) is 20.9. The largest absolute Gasteiger partial charge is 0.353 e. The van der Waals surface area contributed by atoms with Crippen molar-refractivity contribution in [1.29, 1.82) is 0 Å². The lowest BCUT2D eigenvalue weighted by molar-refractivity contribution is -0.137. The van der Waals surface area contributed by atoms with E-state index in [4.69, 9.17) is 0 Å².